The van der Waals surface area contributed by atoms with Gasteiger partial charge in [-0.25, -0.2) is 4.99 Å². The van der Waals surface area contributed by atoms with Gasteiger partial charge in [-0.15, -0.1) is 0 Å². The molecule has 0 spiro atoms. The molecule has 0 bridgehead atoms. The molecular weight excluding hydrogens is 351 g/mol. The van der Waals surface area contributed by atoms with E-state index in [0.717, 1.165) is 28.9 Å². The molecule has 0 radical (unpaired) electrons. The second-order valence-electron chi connectivity index (χ2n) is 5.44. The molecule has 0 amide bonds. The topological polar surface area (TPSA) is 15.6 Å². The Morgan fingerprint density at radius 2 is 1.83 bits per heavy atom. The van der Waals surface area contributed by atoms with Gasteiger partial charge in [-0.1, -0.05) is 46.9 Å². The van der Waals surface area contributed by atoms with Crippen LogP contribution >= 0.6 is 34.8 Å². The van der Waals surface area contributed by atoms with E-state index >= 15 is 0 Å². The number of benzene rings is 2. The number of hydrogen-bond acceptors (Lipinski definition) is 1. The van der Waals surface area contributed by atoms with Crippen molar-refractivity contribution in [1.82, 2.24) is 4.90 Å². The molecule has 122 valence electrons. The van der Waals surface area contributed by atoms with Crippen molar-refractivity contribution in [3.8, 4) is 0 Å². The van der Waals surface area contributed by atoms with Crippen LogP contribution in [0.15, 0.2) is 35.3 Å². The zero-order valence-electron chi connectivity index (χ0n) is 13.4. The maximum Gasteiger partial charge on any atom is 0.0910 e. The molecule has 0 aliphatic carbocycles. The molecule has 0 aliphatic heterocycles. The molecule has 0 atom stereocenters. The molecule has 2 aromatic rings. The lowest BCUT2D eigenvalue weighted by Crippen LogP contribution is -2.14. The van der Waals surface area contributed by atoms with Gasteiger partial charge in [0.2, 0.25) is 0 Å². The quantitative estimate of drug-likeness (QED) is 0.455. The molecule has 2 rings (SSSR count). The van der Waals surface area contributed by atoms with Crippen LogP contribution in [-0.4, -0.2) is 24.8 Å². The van der Waals surface area contributed by atoms with E-state index in [2.05, 4.69) is 11.9 Å². The zero-order chi connectivity index (χ0) is 17.0. The molecule has 0 aromatic heterocycles. The van der Waals surface area contributed by atoms with E-state index in [1.165, 1.54) is 0 Å². The van der Waals surface area contributed by atoms with Gasteiger partial charge in [0.1, 0.15) is 0 Å². The van der Waals surface area contributed by atoms with Gasteiger partial charge in [-0.3, -0.25) is 0 Å². The maximum atomic E-state index is 6.37. The standard InChI is InChI=1S/C18H19Cl3N2/c1-4-23(3)11-22-17-8-12(2)14(10-16(17)20)9-13-6-5-7-15(19)18(13)21/h5-8,10-11H,4,9H2,1-3H3. The summed E-state index contributed by atoms with van der Waals surface area (Å²) < 4.78 is 0. The molecule has 0 fully saturated rings. The Labute approximate surface area is 152 Å². The molecule has 0 saturated carbocycles. The summed E-state index contributed by atoms with van der Waals surface area (Å²) >= 11 is 18.7. The minimum Gasteiger partial charge on any atom is -0.366 e. The van der Waals surface area contributed by atoms with Crippen molar-refractivity contribution in [3.63, 3.8) is 0 Å². The van der Waals surface area contributed by atoms with Crippen LogP contribution in [0, 0.1) is 6.92 Å². The van der Waals surface area contributed by atoms with Crippen molar-refractivity contribution in [2.24, 2.45) is 4.99 Å². The second-order valence-corrected chi connectivity index (χ2v) is 6.63. The Bertz CT molecular complexity index is 726. The molecule has 2 nitrogen and oxygen atoms in total. The summed E-state index contributed by atoms with van der Waals surface area (Å²) in [4.78, 5) is 6.43. The highest BCUT2D eigenvalue weighted by atomic mass is 35.5. The lowest BCUT2D eigenvalue weighted by atomic mass is 10.00. The van der Waals surface area contributed by atoms with Crippen LogP contribution in [0.1, 0.15) is 23.6 Å². The predicted octanol–water partition coefficient (Wildman–Crippen LogP) is 6.16. The molecule has 0 aliphatic rings. The van der Waals surface area contributed by atoms with Crippen molar-refractivity contribution in [1.29, 1.82) is 0 Å². The Balaban J connectivity index is 2.30. The molecule has 0 unspecified atom stereocenters. The number of nitrogens with zero attached hydrogens (tertiary/aromatic N) is 2. The van der Waals surface area contributed by atoms with Crippen molar-refractivity contribution in [2.75, 3.05) is 13.6 Å². The van der Waals surface area contributed by atoms with Gasteiger partial charge >= 0.3 is 0 Å². The van der Waals surface area contributed by atoms with E-state index < -0.39 is 0 Å². The fourth-order valence-corrected chi connectivity index (χ4v) is 2.75. The summed E-state index contributed by atoms with van der Waals surface area (Å²) in [6.07, 6.45) is 2.47. The van der Waals surface area contributed by atoms with Crippen LogP contribution in [0.2, 0.25) is 15.1 Å². The third kappa shape index (κ3) is 4.63. The first-order valence-corrected chi connectivity index (χ1v) is 8.52. The summed E-state index contributed by atoms with van der Waals surface area (Å²) in [5.74, 6) is 0. The van der Waals surface area contributed by atoms with Gasteiger partial charge in [-0.05, 0) is 55.2 Å². The van der Waals surface area contributed by atoms with E-state index in [-0.39, 0.29) is 0 Å². The van der Waals surface area contributed by atoms with Crippen molar-refractivity contribution in [3.05, 3.63) is 62.1 Å². The largest absolute Gasteiger partial charge is 0.366 e. The van der Waals surface area contributed by atoms with Crippen LogP contribution in [0.5, 0.6) is 0 Å². The third-order valence-corrected chi connectivity index (χ3v) is 4.87. The highest BCUT2D eigenvalue weighted by molar-refractivity contribution is 6.42. The zero-order valence-corrected chi connectivity index (χ0v) is 15.7. The Morgan fingerprint density at radius 3 is 2.52 bits per heavy atom. The monoisotopic (exact) mass is 368 g/mol. The first kappa shape index (κ1) is 18.1. The molecule has 0 heterocycles. The van der Waals surface area contributed by atoms with Crippen molar-refractivity contribution < 1.29 is 0 Å². The molecule has 23 heavy (non-hydrogen) atoms. The fraction of sp³-hybridized carbons (Fsp3) is 0.278. The lowest BCUT2D eigenvalue weighted by Gasteiger charge is -2.12. The Kier molecular flexibility index (Phi) is 6.34. The van der Waals surface area contributed by atoms with E-state index in [0.29, 0.717) is 21.5 Å². The Hall–Kier alpha value is -1.22. The minimum absolute atomic E-state index is 0.566. The number of aliphatic imine (C=N–C) groups is 1. The van der Waals surface area contributed by atoms with Gasteiger partial charge in [0.05, 0.1) is 27.1 Å². The molecule has 0 saturated heterocycles. The van der Waals surface area contributed by atoms with Crippen LogP contribution in [0.3, 0.4) is 0 Å². The summed E-state index contributed by atoms with van der Waals surface area (Å²) in [6.45, 7) is 5.01. The number of aryl methyl sites for hydroxylation is 1. The van der Waals surface area contributed by atoms with Crippen molar-refractivity contribution >= 4 is 46.8 Å². The highest BCUT2D eigenvalue weighted by Crippen LogP contribution is 2.32. The highest BCUT2D eigenvalue weighted by Gasteiger charge is 2.10. The average molecular weight is 370 g/mol. The molecular formula is C18H19Cl3N2. The fourth-order valence-electron chi connectivity index (χ4n) is 2.13. The lowest BCUT2D eigenvalue weighted by molar-refractivity contribution is 0.552. The second kappa shape index (κ2) is 8.05. The number of rotatable bonds is 5. The summed E-state index contributed by atoms with van der Waals surface area (Å²) in [7, 11) is 1.97. The number of hydrogen-bond donors (Lipinski definition) is 0. The smallest absolute Gasteiger partial charge is 0.0910 e. The van der Waals surface area contributed by atoms with Crippen LogP contribution in [0.4, 0.5) is 5.69 Å². The van der Waals surface area contributed by atoms with Crippen LogP contribution in [0.25, 0.3) is 0 Å². The van der Waals surface area contributed by atoms with Gasteiger partial charge in [-0.2, -0.15) is 0 Å². The molecule has 2 aromatic carbocycles. The van der Waals surface area contributed by atoms with E-state index in [4.69, 9.17) is 34.8 Å². The maximum absolute atomic E-state index is 6.37. The first-order valence-electron chi connectivity index (χ1n) is 7.38. The van der Waals surface area contributed by atoms with Gasteiger partial charge in [0, 0.05) is 13.6 Å². The summed E-state index contributed by atoms with van der Waals surface area (Å²) in [5, 5.41) is 1.79. The van der Waals surface area contributed by atoms with Crippen LogP contribution in [-0.2, 0) is 6.42 Å². The SMILES string of the molecule is CCN(C)C=Nc1cc(C)c(Cc2cccc(Cl)c2Cl)cc1Cl. The van der Waals surface area contributed by atoms with Gasteiger partial charge < -0.3 is 4.90 Å². The molecule has 5 heteroatoms. The van der Waals surface area contributed by atoms with Gasteiger partial charge in [0.15, 0.2) is 0 Å². The third-order valence-electron chi connectivity index (χ3n) is 3.71. The van der Waals surface area contributed by atoms with E-state index in [1.54, 1.807) is 12.4 Å². The van der Waals surface area contributed by atoms with Crippen molar-refractivity contribution in [2.45, 2.75) is 20.3 Å². The normalized spacial score (nSPS) is 11.2. The minimum atomic E-state index is 0.566. The Morgan fingerprint density at radius 1 is 1.09 bits per heavy atom. The van der Waals surface area contributed by atoms with E-state index in [1.807, 2.05) is 43.1 Å². The predicted molar refractivity (Wildman–Crippen MR) is 102 cm³/mol. The average Bonchev–Trinajstić information content (AvgIpc) is 2.53. The van der Waals surface area contributed by atoms with E-state index in [9.17, 15) is 0 Å². The van der Waals surface area contributed by atoms with Gasteiger partial charge in [0.25, 0.3) is 0 Å². The summed E-state index contributed by atoms with van der Waals surface area (Å²) in [6, 6.07) is 9.61. The first-order chi connectivity index (χ1) is 10.9. The van der Waals surface area contributed by atoms with Crippen LogP contribution < -0.4 is 0 Å². The summed E-state index contributed by atoms with van der Waals surface area (Å²) in [5.41, 5.74) is 3.99. The number of halogens is 3. The molecule has 0 N–H and O–H groups in total.